The fourth-order valence-electron chi connectivity index (χ4n) is 1.98. The standard InChI is InChI=1S/C13H17N3O2/c1-8-5-6-9(12(18-4)11(8)17-3)10-7-15-16(2)13(10)14/h5-7H,14H2,1-4H3. The third-order valence-corrected chi connectivity index (χ3v) is 2.99. The van der Waals surface area contributed by atoms with Gasteiger partial charge in [-0.3, -0.25) is 4.68 Å². The Hall–Kier alpha value is -2.17. The van der Waals surface area contributed by atoms with E-state index in [0.29, 0.717) is 11.6 Å². The molecule has 0 saturated carbocycles. The van der Waals surface area contributed by atoms with Crippen LogP contribution in [0.1, 0.15) is 5.56 Å². The lowest BCUT2D eigenvalue weighted by molar-refractivity contribution is 0.354. The van der Waals surface area contributed by atoms with Gasteiger partial charge in [-0.2, -0.15) is 5.10 Å². The number of nitrogens with two attached hydrogens (primary N) is 1. The maximum atomic E-state index is 5.99. The van der Waals surface area contributed by atoms with Crippen LogP contribution in [-0.4, -0.2) is 24.0 Å². The molecule has 0 aliphatic heterocycles. The topological polar surface area (TPSA) is 62.3 Å². The van der Waals surface area contributed by atoms with E-state index < -0.39 is 0 Å². The first kappa shape index (κ1) is 12.3. The Morgan fingerprint density at radius 2 is 1.78 bits per heavy atom. The predicted molar refractivity (Wildman–Crippen MR) is 70.9 cm³/mol. The van der Waals surface area contributed by atoms with E-state index in [4.69, 9.17) is 15.2 Å². The molecule has 1 heterocycles. The molecule has 0 spiro atoms. The second kappa shape index (κ2) is 4.60. The van der Waals surface area contributed by atoms with Gasteiger partial charge < -0.3 is 15.2 Å². The van der Waals surface area contributed by atoms with Crippen molar-refractivity contribution in [2.45, 2.75) is 6.92 Å². The summed E-state index contributed by atoms with van der Waals surface area (Å²) in [6.45, 7) is 1.97. The summed E-state index contributed by atoms with van der Waals surface area (Å²) in [6.07, 6.45) is 1.72. The van der Waals surface area contributed by atoms with Crippen molar-refractivity contribution in [2.24, 2.45) is 7.05 Å². The van der Waals surface area contributed by atoms with Gasteiger partial charge >= 0.3 is 0 Å². The Morgan fingerprint density at radius 3 is 2.28 bits per heavy atom. The molecule has 2 rings (SSSR count). The minimum absolute atomic E-state index is 0.596. The molecule has 18 heavy (non-hydrogen) atoms. The van der Waals surface area contributed by atoms with E-state index in [1.165, 1.54) is 0 Å². The van der Waals surface area contributed by atoms with Gasteiger partial charge in [0.2, 0.25) is 0 Å². The molecule has 5 nitrogen and oxygen atoms in total. The zero-order chi connectivity index (χ0) is 13.3. The van der Waals surface area contributed by atoms with Crippen LogP contribution in [0.4, 0.5) is 5.82 Å². The molecule has 0 aliphatic carbocycles. The quantitative estimate of drug-likeness (QED) is 0.901. The van der Waals surface area contributed by atoms with Gasteiger partial charge in [0, 0.05) is 18.2 Å². The van der Waals surface area contributed by atoms with Crippen LogP contribution in [0.25, 0.3) is 11.1 Å². The van der Waals surface area contributed by atoms with Gasteiger partial charge in [-0.25, -0.2) is 0 Å². The highest BCUT2D eigenvalue weighted by Gasteiger charge is 2.17. The molecule has 96 valence electrons. The van der Waals surface area contributed by atoms with Crippen molar-refractivity contribution >= 4 is 5.82 Å². The number of rotatable bonds is 3. The number of nitrogens with zero attached hydrogens (tertiary/aromatic N) is 2. The van der Waals surface area contributed by atoms with Gasteiger partial charge in [0.25, 0.3) is 0 Å². The number of nitrogen functional groups attached to an aromatic ring is 1. The van der Waals surface area contributed by atoms with E-state index in [-0.39, 0.29) is 0 Å². The van der Waals surface area contributed by atoms with Crippen molar-refractivity contribution in [3.05, 3.63) is 23.9 Å². The van der Waals surface area contributed by atoms with Gasteiger partial charge in [-0.05, 0) is 18.6 Å². The van der Waals surface area contributed by atoms with E-state index in [2.05, 4.69) is 5.10 Å². The lowest BCUT2D eigenvalue weighted by Gasteiger charge is -2.14. The van der Waals surface area contributed by atoms with E-state index in [9.17, 15) is 0 Å². The van der Waals surface area contributed by atoms with Crippen LogP contribution < -0.4 is 15.2 Å². The van der Waals surface area contributed by atoms with E-state index in [0.717, 1.165) is 22.4 Å². The van der Waals surface area contributed by atoms with Crippen molar-refractivity contribution in [1.29, 1.82) is 0 Å². The maximum Gasteiger partial charge on any atom is 0.168 e. The number of hydrogen-bond donors (Lipinski definition) is 1. The number of hydrogen-bond acceptors (Lipinski definition) is 4. The van der Waals surface area contributed by atoms with Crippen LogP contribution in [0.5, 0.6) is 11.5 Å². The highest BCUT2D eigenvalue weighted by molar-refractivity contribution is 5.81. The third-order valence-electron chi connectivity index (χ3n) is 2.99. The number of anilines is 1. The Morgan fingerprint density at radius 1 is 1.11 bits per heavy atom. The number of methoxy groups -OCH3 is 2. The van der Waals surface area contributed by atoms with Crippen LogP contribution in [0, 0.1) is 6.92 Å². The average molecular weight is 247 g/mol. The van der Waals surface area contributed by atoms with Gasteiger partial charge in [0.15, 0.2) is 11.5 Å². The van der Waals surface area contributed by atoms with Gasteiger partial charge in [-0.15, -0.1) is 0 Å². The van der Waals surface area contributed by atoms with Gasteiger partial charge in [0.1, 0.15) is 5.82 Å². The summed E-state index contributed by atoms with van der Waals surface area (Å²) in [7, 11) is 5.05. The van der Waals surface area contributed by atoms with Crippen molar-refractivity contribution < 1.29 is 9.47 Å². The van der Waals surface area contributed by atoms with Crippen LogP contribution in [0.3, 0.4) is 0 Å². The van der Waals surface area contributed by atoms with Gasteiger partial charge in [0.05, 0.1) is 20.4 Å². The lowest BCUT2D eigenvalue weighted by atomic mass is 10.0. The van der Waals surface area contributed by atoms with Gasteiger partial charge in [-0.1, -0.05) is 6.07 Å². The van der Waals surface area contributed by atoms with Crippen LogP contribution >= 0.6 is 0 Å². The smallest absolute Gasteiger partial charge is 0.168 e. The molecule has 0 fully saturated rings. The fraction of sp³-hybridized carbons (Fsp3) is 0.308. The normalized spacial score (nSPS) is 10.4. The Kier molecular flexibility index (Phi) is 3.14. The molecule has 2 aromatic rings. The van der Waals surface area contributed by atoms with Crippen LogP contribution in [-0.2, 0) is 7.05 Å². The summed E-state index contributed by atoms with van der Waals surface area (Å²) in [5.41, 5.74) is 8.73. The molecule has 0 saturated heterocycles. The van der Waals surface area contributed by atoms with Crippen molar-refractivity contribution in [2.75, 3.05) is 20.0 Å². The first-order valence-electron chi connectivity index (χ1n) is 5.59. The molecular weight excluding hydrogens is 230 g/mol. The summed E-state index contributed by atoms with van der Waals surface area (Å²) >= 11 is 0. The second-order valence-electron chi connectivity index (χ2n) is 4.06. The monoisotopic (exact) mass is 247 g/mol. The van der Waals surface area contributed by atoms with Crippen molar-refractivity contribution in [3.8, 4) is 22.6 Å². The first-order chi connectivity index (χ1) is 8.60. The summed E-state index contributed by atoms with van der Waals surface area (Å²) in [5.74, 6) is 2.00. The Labute approximate surface area is 106 Å². The van der Waals surface area contributed by atoms with Crippen molar-refractivity contribution in [3.63, 3.8) is 0 Å². The molecule has 0 radical (unpaired) electrons. The maximum absolute atomic E-state index is 5.99. The summed E-state index contributed by atoms with van der Waals surface area (Å²) in [4.78, 5) is 0. The van der Waals surface area contributed by atoms with Crippen molar-refractivity contribution in [1.82, 2.24) is 9.78 Å². The van der Waals surface area contributed by atoms with E-state index in [1.54, 1.807) is 32.1 Å². The zero-order valence-electron chi connectivity index (χ0n) is 11.0. The summed E-state index contributed by atoms with van der Waals surface area (Å²) < 4.78 is 12.5. The lowest BCUT2D eigenvalue weighted by Crippen LogP contribution is -2.00. The SMILES string of the molecule is COc1c(C)ccc(-c2cnn(C)c2N)c1OC. The minimum Gasteiger partial charge on any atom is -0.493 e. The Bertz CT molecular complexity index is 576. The molecule has 0 bridgehead atoms. The highest BCUT2D eigenvalue weighted by Crippen LogP contribution is 2.41. The molecule has 1 aromatic heterocycles. The number of aromatic nitrogens is 2. The molecule has 2 N–H and O–H groups in total. The molecule has 0 atom stereocenters. The number of benzene rings is 1. The predicted octanol–water partition coefficient (Wildman–Crippen LogP) is 1.99. The minimum atomic E-state index is 0.596. The van der Waals surface area contributed by atoms with Crippen LogP contribution in [0.15, 0.2) is 18.3 Å². The number of ether oxygens (including phenoxy) is 2. The fourth-order valence-corrected chi connectivity index (χ4v) is 1.98. The van der Waals surface area contributed by atoms with E-state index >= 15 is 0 Å². The summed E-state index contributed by atoms with van der Waals surface area (Å²) in [6, 6.07) is 3.94. The molecule has 1 aromatic carbocycles. The largest absolute Gasteiger partial charge is 0.493 e. The molecule has 0 aliphatic rings. The average Bonchev–Trinajstić information content (AvgIpc) is 2.69. The molecule has 0 unspecified atom stereocenters. The first-order valence-corrected chi connectivity index (χ1v) is 5.59. The second-order valence-corrected chi connectivity index (χ2v) is 4.06. The van der Waals surface area contributed by atoms with Crippen LogP contribution in [0.2, 0.25) is 0 Å². The summed E-state index contributed by atoms with van der Waals surface area (Å²) in [5, 5.41) is 4.14. The molecule has 5 heteroatoms. The number of aryl methyl sites for hydroxylation is 2. The molecular formula is C13H17N3O2. The highest BCUT2D eigenvalue weighted by atomic mass is 16.5. The zero-order valence-corrected chi connectivity index (χ0v) is 11.0. The van der Waals surface area contributed by atoms with E-state index in [1.807, 2.05) is 19.1 Å². The Balaban J connectivity index is 2.68. The molecule has 0 amide bonds. The third kappa shape index (κ3) is 1.77.